The average Bonchev–Trinajstić information content (AvgIpc) is 2.55. The van der Waals surface area contributed by atoms with E-state index >= 15 is 0 Å². The summed E-state index contributed by atoms with van der Waals surface area (Å²) in [6, 6.07) is 0. The van der Waals surface area contributed by atoms with Crippen molar-refractivity contribution in [2.45, 2.75) is 51.1 Å². The topological polar surface area (TPSA) is 81.2 Å². The summed E-state index contributed by atoms with van der Waals surface area (Å²) in [7, 11) is 0. The van der Waals surface area contributed by atoms with Gasteiger partial charge in [-0.05, 0) is 38.8 Å². The lowest BCUT2D eigenvalue weighted by Crippen LogP contribution is -2.35. The second-order valence-electron chi connectivity index (χ2n) is 5.77. The first kappa shape index (κ1) is 18.0. The van der Waals surface area contributed by atoms with Crippen molar-refractivity contribution in [2.75, 3.05) is 25.4 Å². The van der Waals surface area contributed by atoms with Crippen LogP contribution in [-0.4, -0.2) is 45.7 Å². The highest BCUT2D eigenvalue weighted by molar-refractivity contribution is 7.99. The van der Waals surface area contributed by atoms with Crippen LogP contribution in [0.2, 0.25) is 0 Å². The van der Waals surface area contributed by atoms with E-state index in [2.05, 4.69) is 23.7 Å². The molecule has 7 heteroatoms. The largest absolute Gasteiger partial charge is 0.369 e. The van der Waals surface area contributed by atoms with E-state index in [1.165, 1.54) is 11.8 Å². The van der Waals surface area contributed by atoms with E-state index in [4.69, 9.17) is 5.73 Å². The van der Waals surface area contributed by atoms with Gasteiger partial charge in [0.2, 0.25) is 5.91 Å². The molecule has 0 spiro atoms. The molecule has 0 unspecified atom stereocenters. The van der Waals surface area contributed by atoms with Crippen LogP contribution < -0.4 is 11.4 Å². The normalized spacial score (nSPS) is 14.0. The third-order valence-electron chi connectivity index (χ3n) is 4.34. The standard InChI is InChI=1S/C16H26N4O2S/c1-3-19(4-2)9-10-20-13-8-6-5-7-12(13)15(18-16(20)22)23-11-14(17)21/h3-11H2,1-2H3,(H2,17,21). The van der Waals surface area contributed by atoms with Crippen molar-refractivity contribution in [2.24, 2.45) is 5.73 Å². The predicted octanol–water partition coefficient (Wildman–Crippen LogP) is 1.04. The van der Waals surface area contributed by atoms with Gasteiger partial charge < -0.3 is 10.6 Å². The van der Waals surface area contributed by atoms with Crippen molar-refractivity contribution in [3.63, 3.8) is 0 Å². The number of aromatic nitrogens is 2. The summed E-state index contributed by atoms with van der Waals surface area (Å²) in [5.41, 5.74) is 7.26. The lowest BCUT2D eigenvalue weighted by atomic mass is 9.97. The zero-order valence-corrected chi connectivity index (χ0v) is 14.8. The fourth-order valence-electron chi connectivity index (χ4n) is 3.02. The van der Waals surface area contributed by atoms with Crippen molar-refractivity contribution in [1.29, 1.82) is 0 Å². The van der Waals surface area contributed by atoms with Crippen LogP contribution in [0.25, 0.3) is 0 Å². The fourth-order valence-corrected chi connectivity index (χ4v) is 3.83. The fraction of sp³-hybridized carbons (Fsp3) is 0.688. The van der Waals surface area contributed by atoms with Gasteiger partial charge in [0.1, 0.15) is 5.03 Å². The summed E-state index contributed by atoms with van der Waals surface area (Å²) >= 11 is 1.29. The molecule has 0 saturated carbocycles. The maximum absolute atomic E-state index is 12.4. The van der Waals surface area contributed by atoms with Crippen LogP contribution in [0.1, 0.15) is 37.9 Å². The van der Waals surface area contributed by atoms with Gasteiger partial charge in [-0.15, -0.1) is 0 Å². The Morgan fingerprint density at radius 2 is 2.00 bits per heavy atom. The van der Waals surface area contributed by atoms with Crippen molar-refractivity contribution in [3.05, 3.63) is 21.7 Å². The van der Waals surface area contributed by atoms with E-state index in [9.17, 15) is 9.59 Å². The third kappa shape index (κ3) is 4.57. The molecule has 1 amide bonds. The number of amides is 1. The number of fused-ring (bicyclic) bond motifs is 1. The first-order chi connectivity index (χ1) is 11.1. The molecule has 0 aromatic carbocycles. The molecule has 0 bridgehead atoms. The van der Waals surface area contributed by atoms with Crippen molar-refractivity contribution in [3.8, 4) is 0 Å². The summed E-state index contributed by atoms with van der Waals surface area (Å²) < 4.78 is 1.83. The molecule has 6 nitrogen and oxygen atoms in total. The number of likely N-dealkylation sites (N-methyl/N-ethyl adjacent to an activating group) is 1. The number of rotatable bonds is 8. The Labute approximate surface area is 141 Å². The summed E-state index contributed by atoms with van der Waals surface area (Å²) in [6.07, 6.45) is 4.04. The molecule has 0 saturated heterocycles. The maximum Gasteiger partial charge on any atom is 0.348 e. The SMILES string of the molecule is CCN(CC)CCn1c2c(c(SCC(N)=O)nc1=O)CCCC2. The molecule has 0 fully saturated rings. The molecule has 1 aliphatic rings. The van der Waals surface area contributed by atoms with E-state index in [1.807, 2.05) is 4.57 Å². The Hall–Kier alpha value is -1.34. The smallest absolute Gasteiger partial charge is 0.348 e. The van der Waals surface area contributed by atoms with Gasteiger partial charge in [-0.25, -0.2) is 4.79 Å². The number of nitrogens with zero attached hydrogens (tertiary/aromatic N) is 3. The number of thioether (sulfide) groups is 1. The molecule has 1 aromatic rings. The average molecular weight is 338 g/mol. The molecular weight excluding hydrogens is 312 g/mol. The monoisotopic (exact) mass is 338 g/mol. The Morgan fingerprint density at radius 1 is 1.30 bits per heavy atom. The minimum Gasteiger partial charge on any atom is -0.369 e. The number of hydrogen-bond acceptors (Lipinski definition) is 5. The Bertz CT molecular complexity index is 611. The first-order valence-electron chi connectivity index (χ1n) is 8.32. The highest BCUT2D eigenvalue weighted by atomic mass is 32.2. The third-order valence-corrected chi connectivity index (χ3v) is 5.38. The number of primary amides is 1. The molecule has 0 aliphatic heterocycles. The van der Waals surface area contributed by atoms with Gasteiger partial charge in [0.15, 0.2) is 0 Å². The summed E-state index contributed by atoms with van der Waals surface area (Å²) in [6.45, 7) is 7.75. The van der Waals surface area contributed by atoms with Gasteiger partial charge in [-0.2, -0.15) is 4.98 Å². The van der Waals surface area contributed by atoms with Gasteiger partial charge in [-0.1, -0.05) is 25.6 Å². The minimum absolute atomic E-state index is 0.169. The minimum atomic E-state index is -0.382. The van der Waals surface area contributed by atoms with Crippen LogP contribution in [-0.2, 0) is 24.2 Å². The van der Waals surface area contributed by atoms with E-state index in [1.54, 1.807) is 0 Å². The maximum atomic E-state index is 12.4. The molecular formula is C16H26N4O2S. The highest BCUT2D eigenvalue weighted by Gasteiger charge is 2.21. The van der Waals surface area contributed by atoms with Gasteiger partial charge in [0.25, 0.3) is 0 Å². The van der Waals surface area contributed by atoms with Crippen molar-refractivity contribution < 1.29 is 4.79 Å². The highest BCUT2D eigenvalue weighted by Crippen LogP contribution is 2.28. The van der Waals surface area contributed by atoms with Crippen LogP contribution in [0.15, 0.2) is 9.82 Å². The van der Waals surface area contributed by atoms with Crippen molar-refractivity contribution in [1.82, 2.24) is 14.5 Å². The second-order valence-corrected chi connectivity index (χ2v) is 6.73. The van der Waals surface area contributed by atoms with Crippen molar-refractivity contribution >= 4 is 17.7 Å². The van der Waals surface area contributed by atoms with E-state index < -0.39 is 0 Å². The molecule has 1 heterocycles. The number of carbonyl (C=O) groups is 1. The van der Waals surface area contributed by atoms with Gasteiger partial charge in [0.05, 0.1) is 5.75 Å². The zero-order chi connectivity index (χ0) is 16.8. The van der Waals surface area contributed by atoms with Crippen LogP contribution in [0.4, 0.5) is 0 Å². The summed E-state index contributed by atoms with van der Waals surface area (Å²) in [5.74, 6) is -0.213. The van der Waals surface area contributed by atoms with E-state index in [0.717, 1.165) is 56.6 Å². The molecule has 128 valence electrons. The number of carbonyl (C=O) groups excluding carboxylic acids is 1. The van der Waals surface area contributed by atoms with Crippen LogP contribution in [0.3, 0.4) is 0 Å². The van der Waals surface area contributed by atoms with Crippen LogP contribution in [0, 0.1) is 0 Å². The Kier molecular flexibility index (Phi) is 6.65. The van der Waals surface area contributed by atoms with Gasteiger partial charge in [-0.3, -0.25) is 9.36 Å². The summed E-state index contributed by atoms with van der Waals surface area (Å²) in [5, 5.41) is 0.697. The molecule has 2 rings (SSSR count). The van der Waals surface area contributed by atoms with Crippen LogP contribution in [0.5, 0.6) is 0 Å². The number of hydrogen-bond donors (Lipinski definition) is 1. The molecule has 2 N–H and O–H groups in total. The Morgan fingerprint density at radius 3 is 2.65 bits per heavy atom. The second kappa shape index (κ2) is 8.49. The molecule has 1 aromatic heterocycles. The number of nitrogens with two attached hydrogens (primary N) is 1. The predicted molar refractivity (Wildman–Crippen MR) is 92.8 cm³/mol. The quantitative estimate of drug-likeness (QED) is 0.566. The van der Waals surface area contributed by atoms with Gasteiger partial charge in [0, 0.05) is 24.3 Å². The molecule has 0 atom stereocenters. The lowest BCUT2D eigenvalue weighted by Gasteiger charge is -2.24. The van der Waals surface area contributed by atoms with Gasteiger partial charge >= 0.3 is 5.69 Å². The van der Waals surface area contributed by atoms with E-state index in [-0.39, 0.29) is 17.3 Å². The summed E-state index contributed by atoms with van der Waals surface area (Å²) in [4.78, 5) is 30.0. The van der Waals surface area contributed by atoms with Crippen LogP contribution >= 0.6 is 11.8 Å². The molecule has 0 radical (unpaired) electrons. The zero-order valence-electron chi connectivity index (χ0n) is 14.0. The van der Waals surface area contributed by atoms with E-state index in [0.29, 0.717) is 11.6 Å². The molecule has 23 heavy (non-hydrogen) atoms. The molecule has 1 aliphatic carbocycles. The Balaban J connectivity index is 2.29. The lowest BCUT2D eigenvalue weighted by molar-refractivity contribution is -0.115. The first-order valence-corrected chi connectivity index (χ1v) is 9.31.